The highest BCUT2D eigenvalue weighted by Gasteiger charge is 2.37. The van der Waals surface area contributed by atoms with Crippen molar-refractivity contribution >= 4 is 33.4 Å². The first-order valence-electron chi connectivity index (χ1n) is 7.49. The number of benzene rings is 1. The summed E-state index contributed by atoms with van der Waals surface area (Å²) in [7, 11) is 0. The van der Waals surface area contributed by atoms with Crippen LogP contribution in [0.2, 0.25) is 0 Å². The third-order valence-electron chi connectivity index (χ3n) is 4.25. The second-order valence-corrected chi connectivity index (χ2v) is 6.63. The number of hydrogen-bond donors (Lipinski definition) is 0. The van der Waals surface area contributed by atoms with Crippen LogP contribution in [0, 0.1) is 12.8 Å². The lowest BCUT2D eigenvalue weighted by Gasteiger charge is -2.29. The standard InChI is InChI=1S/C16H19BrN2O3/c1-11-8-13(2-3-14(11)17)19-10-12(9-15(19)20)16(21)18-4-6-22-7-5-18/h2-3,8,12H,4-7,9-10H2,1H3. The molecule has 22 heavy (non-hydrogen) atoms. The van der Waals surface area contributed by atoms with Crippen LogP contribution in [-0.2, 0) is 14.3 Å². The van der Waals surface area contributed by atoms with E-state index < -0.39 is 0 Å². The van der Waals surface area contributed by atoms with E-state index >= 15 is 0 Å². The zero-order valence-electron chi connectivity index (χ0n) is 12.5. The van der Waals surface area contributed by atoms with Gasteiger partial charge in [0.25, 0.3) is 0 Å². The monoisotopic (exact) mass is 366 g/mol. The number of carbonyl (C=O) groups excluding carboxylic acids is 2. The number of nitrogens with zero attached hydrogens (tertiary/aromatic N) is 2. The van der Waals surface area contributed by atoms with Gasteiger partial charge >= 0.3 is 0 Å². The van der Waals surface area contributed by atoms with Crippen LogP contribution in [-0.4, -0.2) is 49.6 Å². The Morgan fingerprint density at radius 2 is 2.05 bits per heavy atom. The van der Waals surface area contributed by atoms with Crippen molar-refractivity contribution in [1.82, 2.24) is 4.90 Å². The van der Waals surface area contributed by atoms with Gasteiger partial charge in [0.2, 0.25) is 11.8 Å². The lowest BCUT2D eigenvalue weighted by atomic mass is 10.1. The zero-order valence-corrected chi connectivity index (χ0v) is 14.1. The van der Waals surface area contributed by atoms with E-state index in [9.17, 15) is 9.59 Å². The molecule has 2 aliphatic rings. The van der Waals surface area contributed by atoms with Gasteiger partial charge in [-0.3, -0.25) is 9.59 Å². The van der Waals surface area contributed by atoms with E-state index in [-0.39, 0.29) is 17.7 Å². The number of aryl methyl sites for hydroxylation is 1. The third kappa shape index (κ3) is 3.03. The summed E-state index contributed by atoms with van der Waals surface area (Å²) in [6, 6.07) is 5.83. The van der Waals surface area contributed by atoms with Crippen molar-refractivity contribution in [2.75, 3.05) is 37.7 Å². The molecule has 0 aliphatic carbocycles. The molecule has 3 rings (SSSR count). The van der Waals surface area contributed by atoms with Crippen LogP contribution in [0.25, 0.3) is 0 Å². The molecule has 2 heterocycles. The molecule has 1 atom stereocenters. The Hall–Kier alpha value is -1.40. The molecule has 2 amide bonds. The maximum Gasteiger partial charge on any atom is 0.228 e. The van der Waals surface area contributed by atoms with Crippen molar-refractivity contribution in [1.29, 1.82) is 0 Å². The fourth-order valence-electron chi connectivity index (χ4n) is 2.96. The van der Waals surface area contributed by atoms with Gasteiger partial charge in [-0.05, 0) is 30.7 Å². The largest absolute Gasteiger partial charge is 0.378 e. The maximum atomic E-state index is 12.5. The molecule has 1 aromatic rings. The molecule has 0 bridgehead atoms. The van der Waals surface area contributed by atoms with Gasteiger partial charge in [-0.1, -0.05) is 15.9 Å². The Morgan fingerprint density at radius 1 is 1.32 bits per heavy atom. The molecular weight excluding hydrogens is 348 g/mol. The highest BCUT2D eigenvalue weighted by molar-refractivity contribution is 9.10. The Bertz CT molecular complexity index is 599. The Balaban J connectivity index is 1.72. The minimum Gasteiger partial charge on any atom is -0.378 e. The van der Waals surface area contributed by atoms with Crippen LogP contribution in [0.1, 0.15) is 12.0 Å². The highest BCUT2D eigenvalue weighted by Crippen LogP contribution is 2.29. The summed E-state index contributed by atoms with van der Waals surface area (Å²) in [6.07, 6.45) is 0.297. The van der Waals surface area contributed by atoms with Crippen LogP contribution in [0.4, 0.5) is 5.69 Å². The van der Waals surface area contributed by atoms with Gasteiger partial charge in [0.15, 0.2) is 0 Å². The number of halogens is 1. The number of carbonyl (C=O) groups is 2. The first-order chi connectivity index (χ1) is 10.6. The van der Waals surface area contributed by atoms with Crippen molar-refractivity contribution in [3.8, 4) is 0 Å². The van der Waals surface area contributed by atoms with Gasteiger partial charge in [0.1, 0.15) is 0 Å². The highest BCUT2D eigenvalue weighted by atomic mass is 79.9. The molecular formula is C16H19BrN2O3. The molecule has 1 aromatic carbocycles. The number of amides is 2. The molecule has 0 spiro atoms. The molecule has 0 aromatic heterocycles. The topological polar surface area (TPSA) is 49.9 Å². The smallest absolute Gasteiger partial charge is 0.228 e. The number of ether oxygens (including phenoxy) is 1. The summed E-state index contributed by atoms with van der Waals surface area (Å²) >= 11 is 3.46. The molecule has 0 radical (unpaired) electrons. The third-order valence-corrected chi connectivity index (χ3v) is 5.14. The van der Waals surface area contributed by atoms with E-state index in [1.165, 1.54) is 0 Å². The molecule has 5 nitrogen and oxygen atoms in total. The predicted molar refractivity (Wildman–Crippen MR) is 86.7 cm³/mol. The van der Waals surface area contributed by atoms with Crippen molar-refractivity contribution in [3.63, 3.8) is 0 Å². The van der Waals surface area contributed by atoms with E-state index in [0.717, 1.165) is 15.7 Å². The molecule has 1 unspecified atom stereocenters. The molecule has 2 saturated heterocycles. The molecule has 0 saturated carbocycles. The Kier molecular flexibility index (Phi) is 4.49. The summed E-state index contributed by atoms with van der Waals surface area (Å²) in [5, 5.41) is 0. The van der Waals surface area contributed by atoms with E-state index in [1.807, 2.05) is 30.0 Å². The number of morpholine rings is 1. The first kappa shape index (κ1) is 15.5. The van der Waals surface area contributed by atoms with E-state index in [0.29, 0.717) is 39.3 Å². The summed E-state index contributed by atoms with van der Waals surface area (Å²) in [5.41, 5.74) is 1.94. The Labute approximate surface area is 138 Å². The molecule has 118 valence electrons. The average molecular weight is 367 g/mol. The van der Waals surface area contributed by atoms with Gasteiger partial charge < -0.3 is 14.5 Å². The van der Waals surface area contributed by atoms with Gasteiger partial charge in [0.05, 0.1) is 19.1 Å². The van der Waals surface area contributed by atoms with Crippen LogP contribution in [0.15, 0.2) is 22.7 Å². The lowest BCUT2D eigenvalue weighted by molar-refractivity contribution is -0.139. The van der Waals surface area contributed by atoms with Crippen molar-refractivity contribution < 1.29 is 14.3 Å². The van der Waals surface area contributed by atoms with Gasteiger partial charge in [-0.2, -0.15) is 0 Å². The van der Waals surface area contributed by atoms with Gasteiger partial charge in [-0.15, -0.1) is 0 Å². The average Bonchev–Trinajstić information content (AvgIpc) is 2.92. The predicted octanol–water partition coefficient (Wildman–Crippen LogP) is 1.97. The van der Waals surface area contributed by atoms with Crippen LogP contribution >= 0.6 is 15.9 Å². The quantitative estimate of drug-likeness (QED) is 0.803. The molecule has 0 N–H and O–H groups in total. The normalized spacial score (nSPS) is 22.3. The second kappa shape index (κ2) is 6.38. The number of anilines is 1. The molecule has 6 heteroatoms. The van der Waals surface area contributed by atoms with E-state index in [1.54, 1.807) is 4.90 Å². The SMILES string of the molecule is Cc1cc(N2CC(C(=O)N3CCOCC3)CC2=O)ccc1Br. The molecule has 2 aliphatic heterocycles. The summed E-state index contributed by atoms with van der Waals surface area (Å²) in [5.74, 6) is -0.143. The zero-order chi connectivity index (χ0) is 15.7. The van der Waals surface area contributed by atoms with Crippen LogP contribution in [0.5, 0.6) is 0 Å². The van der Waals surface area contributed by atoms with Gasteiger partial charge in [0, 0.05) is 36.2 Å². The Morgan fingerprint density at radius 3 is 2.73 bits per heavy atom. The maximum absolute atomic E-state index is 12.5. The fraction of sp³-hybridized carbons (Fsp3) is 0.500. The van der Waals surface area contributed by atoms with Crippen molar-refractivity contribution in [3.05, 3.63) is 28.2 Å². The minimum atomic E-state index is -0.241. The second-order valence-electron chi connectivity index (χ2n) is 5.78. The summed E-state index contributed by atoms with van der Waals surface area (Å²) in [6.45, 7) is 4.88. The van der Waals surface area contributed by atoms with E-state index in [4.69, 9.17) is 4.74 Å². The minimum absolute atomic E-state index is 0.0216. The van der Waals surface area contributed by atoms with Crippen molar-refractivity contribution in [2.24, 2.45) is 5.92 Å². The number of rotatable bonds is 2. The summed E-state index contributed by atoms with van der Waals surface area (Å²) < 4.78 is 6.29. The lowest BCUT2D eigenvalue weighted by Crippen LogP contribution is -2.44. The van der Waals surface area contributed by atoms with Gasteiger partial charge in [-0.25, -0.2) is 0 Å². The van der Waals surface area contributed by atoms with Crippen LogP contribution < -0.4 is 4.90 Å². The number of hydrogen-bond acceptors (Lipinski definition) is 3. The van der Waals surface area contributed by atoms with E-state index in [2.05, 4.69) is 15.9 Å². The molecule has 2 fully saturated rings. The first-order valence-corrected chi connectivity index (χ1v) is 8.28. The summed E-state index contributed by atoms with van der Waals surface area (Å²) in [4.78, 5) is 28.4. The van der Waals surface area contributed by atoms with Crippen LogP contribution in [0.3, 0.4) is 0 Å². The fourth-order valence-corrected chi connectivity index (χ4v) is 3.21. The van der Waals surface area contributed by atoms with Crippen molar-refractivity contribution in [2.45, 2.75) is 13.3 Å².